The van der Waals surface area contributed by atoms with Crippen molar-refractivity contribution in [3.05, 3.63) is 11.8 Å². The van der Waals surface area contributed by atoms with E-state index in [9.17, 15) is 0 Å². The zero-order valence-corrected chi connectivity index (χ0v) is 10.0. The van der Waals surface area contributed by atoms with Crippen LogP contribution in [0.4, 0.5) is 0 Å². The lowest BCUT2D eigenvalue weighted by atomic mass is 9.92. The van der Waals surface area contributed by atoms with E-state index in [4.69, 9.17) is 4.74 Å². The highest BCUT2D eigenvalue weighted by atomic mass is 16.5. The Bertz CT molecular complexity index is 343. The summed E-state index contributed by atoms with van der Waals surface area (Å²) >= 11 is 0. The van der Waals surface area contributed by atoms with Crippen LogP contribution in [0.5, 0.6) is 5.88 Å². The highest BCUT2D eigenvalue weighted by Crippen LogP contribution is 2.35. The molecule has 1 aliphatic heterocycles. The molecule has 0 spiro atoms. The fourth-order valence-electron chi connectivity index (χ4n) is 1.95. The molecule has 1 aromatic heterocycles. The smallest absolute Gasteiger partial charge is 0.215 e. The van der Waals surface area contributed by atoms with Gasteiger partial charge in [0.2, 0.25) is 5.88 Å². The predicted molar refractivity (Wildman–Crippen MR) is 60.3 cm³/mol. The lowest BCUT2D eigenvalue weighted by Gasteiger charge is -2.24. The van der Waals surface area contributed by atoms with Crippen LogP contribution in [-0.2, 0) is 0 Å². The van der Waals surface area contributed by atoms with Gasteiger partial charge in [0.1, 0.15) is 0 Å². The highest BCUT2D eigenvalue weighted by Gasteiger charge is 2.25. The fourth-order valence-corrected chi connectivity index (χ4v) is 1.95. The van der Waals surface area contributed by atoms with E-state index in [2.05, 4.69) is 32.8 Å². The molecule has 84 valence electrons. The Morgan fingerprint density at radius 3 is 2.87 bits per heavy atom. The molecule has 0 amide bonds. The number of aromatic nitrogens is 2. The average Bonchev–Trinajstić information content (AvgIpc) is 2.61. The van der Waals surface area contributed by atoms with Crippen LogP contribution in [0.1, 0.15) is 51.6 Å². The lowest BCUT2D eigenvalue weighted by molar-refractivity contribution is 0.197. The van der Waals surface area contributed by atoms with E-state index < -0.39 is 0 Å². The van der Waals surface area contributed by atoms with Gasteiger partial charge >= 0.3 is 0 Å². The largest absolute Gasteiger partial charge is 0.478 e. The molecule has 2 atom stereocenters. The molecule has 1 aliphatic rings. The number of hydrogen-bond donors (Lipinski definition) is 0. The summed E-state index contributed by atoms with van der Waals surface area (Å²) in [7, 11) is 0. The maximum Gasteiger partial charge on any atom is 0.215 e. The first-order chi connectivity index (χ1) is 7.11. The minimum Gasteiger partial charge on any atom is -0.478 e. The van der Waals surface area contributed by atoms with Crippen molar-refractivity contribution in [2.75, 3.05) is 6.61 Å². The van der Waals surface area contributed by atoms with Crippen molar-refractivity contribution in [1.82, 2.24) is 9.78 Å². The zero-order valence-electron chi connectivity index (χ0n) is 10.0. The molecule has 3 nitrogen and oxygen atoms in total. The maximum atomic E-state index is 5.74. The molecule has 2 heterocycles. The molecule has 0 fully saturated rings. The third-order valence-corrected chi connectivity index (χ3v) is 3.46. The van der Waals surface area contributed by atoms with E-state index in [0.717, 1.165) is 18.9 Å². The second-order valence-electron chi connectivity index (χ2n) is 4.87. The molecule has 0 radical (unpaired) electrons. The number of hydrogen-bond acceptors (Lipinski definition) is 2. The predicted octanol–water partition coefficient (Wildman–Crippen LogP) is 2.99. The monoisotopic (exact) mass is 208 g/mol. The molecule has 15 heavy (non-hydrogen) atoms. The minimum absolute atomic E-state index is 0.474. The fraction of sp³-hybridized carbons (Fsp3) is 0.750. The topological polar surface area (TPSA) is 27.1 Å². The van der Waals surface area contributed by atoms with Gasteiger partial charge in [-0.25, -0.2) is 4.68 Å². The van der Waals surface area contributed by atoms with Crippen molar-refractivity contribution in [2.24, 2.45) is 5.92 Å². The van der Waals surface area contributed by atoms with Crippen LogP contribution in [0.25, 0.3) is 0 Å². The van der Waals surface area contributed by atoms with E-state index in [1.165, 1.54) is 5.56 Å². The van der Waals surface area contributed by atoms with Gasteiger partial charge in [-0.3, -0.25) is 0 Å². The summed E-state index contributed by atoms with van der Waals surface area (Å²) < 4.78 is 7.76. The van der Waals surface area contributed by atoms with Crippen LogP contribution < -0.4 is 4.74 Å². The van der Waals surface area contributed by atoms with E-state index in [1.54, 1.807) is 0 Å². The SMILES string of the molecule is CC(C)C(C)c1cnn2c1OCCC2C. The molecule has 0 bridgehead atoms. The summed E-state index contributed by atoms with van der Waals surface area (Å²) in [6.07, 6.45) is 3.03. The summed E-state index contributed by atoms with van der Waals surface area (Å²) in [5, 5.41) is 4.43. The lowest BCUT2D eigenvalue weighted by Crippen LogP contribution is -2.20. The van der Waals surface area contributed by atoms with Crippen LogP contribution in [0, 0.1) is 5.92 Å². The normalized spacial score (nSPS) is 22.3. The van der Waals surface area contributed by atoms with Crippen molar-refractivity contribution < 1.29 is 4.74 Å². The Hall–Kier alpha value is -0.990. The van der Waals surface area contributed by atoms with Crippen molar-refractivity contribution in [3.63, 3.8) is 0 Å². The summed E-state index contributed by atoms with van der Waals surface area (Å²) in [5.41, 5.74) is 1.26. The van der Waals surface area contributed by atoms with Crippen molar-refractivity contribution in [3.8, 4) is 5.88 Å². The van der Waals surface area contributed by atoms with Gasteiger partial charge in [0.25, 0.3) is 0 Å². The first kappa shape index (κ1) is 10.5. The summed E-state index contributed by atoms with van der Waals surface area (Å²) in [5.74, 6) is 2.13. The molecule has 2 unspecified atom stereocenters. The van der Waals surface area contributed by atoms with Gasteiger partial charge in [-0.05, 0) is 18.8 Å². The third kappa shape index (κ3) is 1.75. The summed E-state index contributed by atoms with van der Waals surface area (Å²) in [6, 6.07) is 0.474. The van der Waals surface area contributed by atoms with Gasteiger partial charge in [-0.2, -0.15) is 5.10 Å². The van der Waals surface area contributed by atoms with E-state index >= 15 is 0 Å². The molecule has 1 aromatic rings. The molecule has 0 aliphatic carbocycles. The second kappa shape index (κ2) is 3.87. The Morgan fingerprint density at radius 2 is 2.20 bits per heavy atom. The van der Waals surface area contributed by atoms with Crippen LogP contribution in [-0.4, -0.2) is 16.4 Å². The van der Waals surface area contributed by atoms with Gasteiger partial charge in [-0.1, -0.05) is 20.8 Å². The molecule has 0 aromatic carbocycles. The van der Waals surface area contributed by atoms with Gasteiger partial charge < -0.3 is 4.74 Å². The molecular formula is C12H20N2O. The van der Waals surface area contributed by atoms with Crippen molar-refractivity contribution in [1.29, 1.82) is 0 Å². The van der Waals surface area contributed by atoms with Crippen LogP contribution in [0.2, 0.25) is 0 Å². The van der Waals surface area contributed by atoms with Gasteiger partial charge in [0, 0.05) is 12.0 Å². The summed E-state index contributed by atoms with van der Waals surface area (Å²) in [6.45, 7) is 9.74. The highest BCUT2D eigenvalue weighted by molar-refractivity contribution is 5.29. The number of nitrogens with zero attached hydrogens (tertiary/aromatic N) is 2. The standard InChI is InChI=1S/C12H20N2O/c1-8(2)10(4)11-7-13-14-9(3)5-6-15-12(11)14/h7-10H,5-6H2,1-4H3. The first-order valence-electron chi connectivity index (χ1n) is 5.81. The Labute approximate surface area is 91.4 Å². The molecule has 0 saturated carbocycles. The van der Waals surface area contributed by atoms with Gasteiger partial charge in [0.15, 0.2) is 0 Å². The van der Waals surface area contributed by atoms with Crippen LogP contribution >= 0.6 is 0 Å². The molecular weight excluding hydrogens is 188 g/mol. The molecule has 0 saturated heterocycles. The molecule has 2 rings (SSSR count). The Balaban J connectivity index is 2.34. The maximum absolute atomic E-state index is 5.74. The van der Waals surface area contributed by atoms with Gasteiger partial charge in [0.05, 0.1) is 18.8 Å². The van der Waals surface area contributed by atoms with Crippen LogP contribution in [0.15, 0.2) is 6.20 Å². The number of ether oxygens (including phenoxy) is 1. The zero-order chi connectivity index (χ0) is 11.0. The molecule has 3 heteroatoms. The van der Waals surface area contributed by atoms with Crippen LogP contribution in [0.3, 0.4) is 0 Å². The van der Waals surface area contributed by atoms with Crippen molar-refractivity contribution >= 4 is 0 Å². The van der Waals surface area contributed by atoms with Gasteiger partial charge in [-0.15, -0.1) is 0 Å². The van der Waals surface area contributed by atoms with E-state index in [-0.39, 0.29) is 0 Å². The van der Waals surface area contributed by atoms with Crippen molar-refractivity contribution in [2.45, 2.75) is 46.1 Å². The average molecular weight is 208 g/mol. The Morgan fingerprint density at radius 1 is 1.47 bits per heavy atom. The minimum atomic E-state index is 0.474. The first-order valence-corrected chi connectivity index (χ1v) is 5.81. The Kier molecular flexibility index (Phi) is 2.72. The molecule has 0 N–H and O–H groups in total. The van der Waals surface area contributed by atoms with E-state index in [1.807, 2.05) is 10.9 Å². The summed E-state index contributed by atoms with van der Waals surface area (Å²) in [4.78, 5) is 0. The number of fused-ring (bicyclic) bond motifs is 1. The van der Waals surface area contributed by atoms with E-state index in [0.29, 0.717) is 17.9 Å². The number of rotatable bonds is 2. The third-order valence-electron chi connectivity index (χ3n) is 3.46. The second-order valence-corrected chi connectivity index (χ2v) is 4.87. The quantitative estimate of drug-likeness (QED) is 0.747.